The Bertz CT molecular complexity index is 606. The zero-order chi connectivity index (χ0) is 15.2. The number of phenols is 1. The molecule has 2 N–H and O–H groups in total. The van der Waals surface area contributed by atoms with E-state index in [0.29, 0.717) is 13.0 Å². The smallest absolute Gasteiger partial charge is 0.226 e. The number of nitrogens with zero attached hydrogens (tertiary/aromatic N) is 1. The molecule has 0 atom stereocenters. The third kappa shape index (κ3) is 4.24. The summed E-state index contributed by atoms with van der Waals surface area (Å²) in [5, 5.41) is 13.0. The second-order valence-electron chi connectivity index (χ2n) is 5.14. The molecule has 0 heterocycles. The molecule has 21 heavy (non-hydrogen) atoms. The largest absolute Gasteiger partial charge is 0.508 e. The standard InChI is InChI=1S/C17H20N2O2/c1-19(2)17(21)11-13-7-9-15(10-8-13)18-12-14-5-3-4-6-16(14)20/h3-10,18,20H,11-12H2,1-2H3. The Labute approximate surface area is 125 Å². The molecule has 0 radical (unpaired) electrons. The zero-order valence-corrected chi connectivity index (χ0v) is 12.3. The summed E-state index contributed by atoms with van der Waals surface area (Å²) >= 11 is 0. The van der Waals surface area contributed by atoms with E-state index >= 15 is 0 Å². The predicted molar refractivity (Wildman–Crippen MR) is 84.3 cm³/mol. The number of anilines is 1. The molecule has 0 aliphatic carbocycles. The molecule has 0 bridgehead atoms. The van der Waals surface area contributed by atoms with Crippen molar-refractivity contribution in [3.8, 4) is 5.75 Å². The van der Waals surface area contributed by atoms with Crippen LogP contribution in [0.15, 0.2) is 48.5 Å². The van der Waals surface area contributed by atoms with E-state index in [9.17, 15) is 9.90 Å². The van der Waals surface area contributed by atoms with Gasteiger partial charge in [0.05, 0.1) is 6.42 Å². The first kappa shape index (κ1) is 14.9. The van der Waals surface area contributed by atoms with Gasteiger partial charge < -0.3 is 15.3 Å². The molecule has 0 spiro atoms. The van der Waals surface area contributed by atoms with Crippen LogP contribution in [0.4, 0.5) is 5.69 Å². The average Bonchev–Trinajstić information content (AvgIpc) is 2.48. The molecule has 2 aromatic rings. The highest BCUT2D eigenvalue weighted by Gasteiger charge is 2.05. The lowest BCUT2D eigenvalue weighted by atomic mass is 10.1. The third-order valence-corrected chi connectivity index (χ3v) is 3.28. The number of hydrogen-bond donors (Lipinski definition) is 2. The van der Waals surface area contributed by atoms with Crippen LogP contribution in [0.3, 0.4) is 0 Å². The van der Waals surface area contributed by atoms with Crippen LogP contribution < -0.4 is 5.32 Å². The topological polar surface area (TPSA) is 52.6 Å². The van der Waals surface area contributed by atoms with Gasteiger partial charge in [-0.3, -0.25) is 4.79 Å². The molecule has 2 rings (SSSR count). The molecule has 110 valence electrons. The van der Waals surface area contributed by atoms with Gasteiger partial charge in [-0.25, -0.2) is 0 Å². The number of phenolic OH excluding ortho intramolecular Hbond substituents is 1. The fourth-order valence-corrected chi connectivity index (χ4v) is 1.93. The lowest BCUT2D eigenvalue weighted by Crippen LogP contribution is -2.23. The molecule has 0 aliphatic heterocycles. The van der Waals surface area contributed by atoms with Crippen LogP contribution in [0.2, 0.25) is 0 Å². The highest BCUT2D eigenvalue weighted by atomic mass is 16.3. The van der Waals surface area contributed by atoms with E-state index in [1.165, 1.54) is 0 Å². The zero-order valence-electron chi connectivity index (χ0n) is 12.3. The van der Waals surface area contributed by atoms with Crippen molar-refractivity contribution in [3.63, 3.8) is 0 Å². The van der Waals surface area contributed by atoms with Gasteiger partial charge in [-0.2, -0.15) is 0 Å². The Hall–Kier alpha value is -2.49. The minimum Gasteiger partial charge on any atom is -0.508 e. The Balaban J connectivity index is 1.94. The minimum absolute atomic E-state index is 0.0879. The van der Waals surface area contributed by atoms with Crippen LogP contribution >= 0.6 is 0 Å². The maximum absolute atomic E-state index is 11.6. The summed E-state index contributed by atoms with van der Waals surface area (Å²) in [6.07, 6.45) is 0.409. The van der Waals surface area contributed by atoms with E-state index in [1.807, 2.05) is 36.4 Å². The van der Waals surface area contributed by atoms with Crippen LogP contribution in [0.5, 0.6) is 5.75 Å². The summed E-state index contributed by atoms with van der Waals surface area (Å²) in [6, 6.07) is 15.0. The van der Waals surface area contributed by atoms with E-state index in [-0.39, 0.29) is 11.7 Å². The molecule has 1 amide bonds. The summed E-state index contributed by atoms with van der Waals surface area (Å²) in [5.74, 6) is 0.378. The van der Waals surface area contributed by atoms with Crippen molar-refractivity contribution < 1.29 is 9.90 Å². The number of hydrogen-bond acceptors (Lipinski definition) is 3. The summed E-state index contributed by atoms with van der Waals surface area (Å²) in [7, 11) is 3.51. The Morgan fingerprint density at radius 3 is 2.38 bits per heavy atom. The van der Waals surface area contributed by atoms with Crippen molar-refractivity contribution >= 4 is 11.6 Å². The highest BCUT2D eigenvalue weighted by Crippen LogP contribution is 2.18. The summed E-state index contributed by atoms with van der Waals surface area (Å²) in [4.78, 5) is 13.2. The van der Waals surface area contributed by atoms with Crippen LogP contribution in [0.1, 0.15) is 11.1 Å². The van der Waals surface area contributed by atoms with Crippen LogP contribution in [-0.2, 0) is 17.8 Å². The quantitative estimate of drug-likeness (QED) is 0.887. The summed E-state index contributed by atoms with van der Waals surface area (Å²) < 4.78 is 0. The number of rotatable bonds is 5. The molecule has 0 fully saturated rings. The van der Waals surface area contributed by atoms with Crippen molar-refractivity contribution in [1.29, 1.82) is 0 Å². The number of carbonyl (C=O) groups excluding carboxylic acids is 1. The van der Waals surface area contributed by atoms with Crippen molar-refractivity contribution in [3.05, 3.63) is 59.7 Å². The molecule has 0 aliphatic rings. The number of para-hydroxylation sites is 1. The first-order valence-electron chi connectivity index (χ1n) is 6.86. The average molecular weight is 284 g/mol. The van der Waals surface area contributed by atoms with Gasteiger partial charge in [0.25, 0.3) is 0 Å². The van der Waals surface area contributed by atoms with Gasteiger partial charge in [0, 0.05) is 31.9 Å². The second-order valence-corrected chi connectivity index (χ2v) is 5.14. The number of benzene rings is 2. The molecule has 0 saturated carbocycles. The van der Waals surface area contributed by atoms with E-state index in [0.717, 1.165) is 16.8 Å². The van der Waals surface area contributed by atoms with Crippen LogP contribution in [0.25, 0.3) is 0 Å². The normalized spacial score (nSPS) is 10.2. The lowest BCUT2D eigenvalue weighted by Gasteiger charge is -2.11. The van der Waals surface area contributed by atoms with Gasteiger partial charge >= 0.3 is 0 Å². The number of nitrogens with one attached hydrogen (secondary N) is 1. The van der Waals surface area contributed by atoms with Crippen molar-refractivity contribution in [2.45, 2.75) is 13.0 Å². The van der Waals surface area contributed by atoms with Gasteiger partial charge in [0.2, 0.25) is 5.91 Å². The molecule has 2 aromatic carbocycles. The predicted octanol–water partition coefficient (Wildman–Crippen LogP) is 2.64. The monoisotopic (exact) mass is 284 g/mol. The van der Waals surface area contributed by atoms with E-state index < -0.39 is 0 Å². The van der Waals surface area contributed by atoms with Gasteiger partial charge in [-0.1, -0.05) is 30.3 Å². The maximum atomic E-state index is 11.6. The van der Waals surface area contributed by atoms with Crippen molar-refractivity contribution in [1.82, 2.24) is 4.90 Å². The molecule has 4 heteroatoms. The number of likely N-dealkylation sites (N-methyl/N-ethyl adjacent to an activating group) is 1. The highest BCUT2D eigenvalue weighted by molar-refractivity contribution is 5.78. The molecular formula is C17H20N2O2. The molecule has 0 unspecified atom stereocenters. The first-order valence-corrected chi connectivity index (χ1v) is 6.86. The van der Waals surface area contributed by atoms with Gasteiger partial charge in [0.15, 0.2) is 0 Å². The van der Waals surface area contributed by atoms with E-state index in [4.69, 9.17) is 0 Å². The Kier molecular flexibility index (Phi) is 4.82. The van der Waals surface area contributed by atoms with Crippen LogP contribution in [0, 0.1) is 0 Å². The third-order valence-electron chi connectivity index (χ3n) is 3.28. The molecular weight excluding hydrogens is 264 g/mol. The van der Waals surface area contributed by atoms with Crippen molar-refractivity contribution in [2.24, 2.45) is 0 Å². The Morgan fingerprint density at radius 1 is 1.10 bits per heavy atom. The minimum atomic E-state index is 0.0879. The number of carbonyl (C=O) groups is 1. The Morgan fingerprint density at radius 2 is 1.76 bits per heavy atom. The number of amides is 1. The summed E-state index contributed by atoms with van der Waals surface area (Å²) in [6.45, 7) is 0.558. The fourth-order valence-electron chi connectivity index (χ4n) is 1.93. The van der Waals surface area contributed by atoms with E-state index in [1.54, 1.807) is 31.1 Å². The van der Waals surface area contributed by atoms with E-state index in [2.05, 4.69) is 5.32 Å². The van der Waals surface area contributed by atoms with Gasteiger partial charge in [0.1, 0.15) is 5.75 Å². The molecule has 0 saturated heterocycles. The van der Waals surface area contributed by atoms with Crippen LogP contribution in [-0.4, -0.2) is 30.0 Å². The lowest BCUT2D eigenvalue weighted by molar-refractivity contribution is -0.127. The first-order chi connectivity index (χ1) is 10.1. The summed E-state index contributed by atoms with van der Waals surface area (Å²) in [5.41, 5.74) is 2.80. The second kappa shape index (κ2) is 6.79. The van der Waals surface area contributed by atoms with Crippen molar-refractivity contribution in [2.75, 3.05) is 19.4 Å². The number of aromatic hydroxyl groups is 1. The van der Waals surface area contributed by atoms with Gasteiger partial charge in [-0.15, -0.1) is 0 Å². The maximum Gasteiger partial charge on any atom is 0.226 e. The molecule has 4 nitrogen and oxygen atoms in total. The molecule has 0 aromatic heterocycles. The SMILES string of the molecule is CN(C)C(=O)Cc1ccc(NCc2ccccc2O)cc1. The van der Waals surface area contributed by atoms with Gasteiger partial charge in [-0.05, 0) is 23.8 Å². The fraction of sp³-hybridized carbons (Fsp3) is 0.235.